The van der Waals surface area contributed by atoms with Crippen molar-refractivity contribution in [2.75, 3.05) is 5.32 Å². The quantitative estimate of drug-likeness (QED) is 0.799. The van der Waals surface area contributed by atoms with E-state index in [1.807, 2.05) is 11.6 Å². The highest BCUT2D eigenvalue weighted by Crippen LogP contribution is 2.24. The zero-order chi connectivity index (χ0) is 16.4. The van der Waals surface area contributed by atoms with Crippen molar-refractivity contribution in [2.24, 2.45) is 0 Å². The van der Waals surface area contributed by atoms with Crippen molar-refractivity contribution in [3.8, 4) is 11.8 Å². The van der Waals surface area contributed by atoms with Gasteiger partial charge in [0.2, 0.25) is 0 Å². The molecule has 3 rings (SSSR count). The van der Waals surface area contributed by atoms with Crippen LogP contribution in [-0.4, -0.2) is 14.8 Å². The first kappa shape index (κ1) is 14.8. The number of rotatable bonds is 3. The van der Waals surface area contributed by atoms with E-state index in [-0.39, 0.29) is 0 Å². The van der Waals surface area contributed by atoms with Crippen molar-refractivity contribution in [1.82, 2.24) is 14.8 Å². The van der Waals surface area contributed by atoms with E-state index in [1.165, 1.54) is 11.1 Å². The lowest BCUT2D eigenvalue weighted by Crippen LogP contribution is -2.02. The Bertz CT molecular complexity index is 885. The number of nitriles is 1. The molecule has 2 aromatic heterocycles. The van der Waals surface area contributed by atoms with Gasteiger partial charge in [0, 0.05) is 6.20 Å². The lowest BCUT2D eigenvalue weighted by Gasteiger charge is -2.10. The van der Waals surface area contributed by atoms with Gasteiger partial charge in [-0.1, -0.05) is 12.1 Å². The molecule has 5 heteroatoms. The van der Waals surface area contributed by atoms with E-state index in [4.69, 9.17) is 5.26 Å². The number of aromatic nitrogens is 3. The second kappa shape index (κ2) is 5.93. The van der Waals surface area contributed by atoms with E-state index in [1.54, 1.807) is 24.5 Å². The molecule has 0 fully saturated rings. The summed E-state index contributed by atoms with van der Waals surface area (Å²) in [5.41, 5.74) is 5.88. The molecule has 0 atom stereocenters. The summed E-state index contributed by atoms with van der Waals surface area (Å²) in [6, 6.07) is 11.9. The van der Waals surface area contributed by atoms with E-state index in [2.05, 4.69) is 53.5 Å². The molecule has 23 heavy (non-hydrogen) atoms. The summed E-state index contributed by atoms with van der Waals surface area (Å²) < 4.78 is 1.92. The maximum absolute atomic E-state index is 8.82. The fourth-order valence-corrected chi connectivity index (χ4v) is 2.39. The molecule has 2 heterocycles. The molecule has 1 N–H and O–H groups in total. The number of nitrogens with zero attached hydrogens (tertiary/aromatic N) is 4. The van der Waals surface area contributed by atoms with Crippen LogP contribution in [0.15, 0.2) is 42.7 Å². The fourth-order valence-electron chi connectivity index (χ4n) is 2.39. The molecule has 3 aromatic rings. The van der Waals surface area contributed by atoms with Crippen LogP contribution in [0, 0.1) is 32.1 Å². The zero-order valence-electron chi connectivity index (χ0n) is 13.3. The number of benzene rings is 1. The van der Waals surface area contributed by atoms with Crippen molar-refractivity contribution >= 4 is 11.5 Å². The number of pyridine rings is 1. The standard InChI is InChI=1S/C18H17N5/c1-12-4-5-13(2)17(8-12)23-14(3)16(11-21-23)22-18-7-6-15(9-19)10-20-18/h4-8,10-11H,1-3H3,(H,20,22). The van der Waals surface area contributed by atoms with E-state index in [0.29, 0.717) is 11.4 Å². The molecule has 0 amide bonds. The Labute approximate surface area is 135 Å². The molecule has 114 valence electrons. The Morgan fingerprint density at radius 1 is 1.09 bits per heavy atom. The van der Waals surface area contributed by atoms with Gasteiger partial charge in [0.25, 0.3) is 0 Å². The highest BCUT2D eigenvalue weighted by Gasteiger charge is 2.11. The summed E-state index contributed by atoms with van der Waals surface area (Å²) in [6.45, 7) is 6.16. The van der Waals surface area contributed by atoms with Crippen LogP contribution < -0.4 is 5.32 Å². The lowest BCUT2D eigenvalue weighted by atomic mass is 10.1. The van der Waals surface area contributed by atoms with Crippen LogP contribution in [0.3, 0.4) is 0 Å². The summed E-state index contributed by atoms with van der Waals surface area (Å²) in [6.07, 6.45) is 3.34. The topological polar surface area (TPSA) is 66.5 Å². The number of hydrogen-bond acceptors (Lipinski definition) is 4. The summed E-state index contributed by atoms with van der Waals surface area (Å²) in [4.78, 5) is 4.23. The normalized spacial score (nSPS) is 10.3. The molecule has 0 saturated carbocycles. The van der Waals surface area contributed by atoms with Crippen LogP contribution in [0.25, 0.3) is 5.69 Å². The fraction of sp³-hybridized carbons (Fsp3) is 0.167. The molecule has 0 aliphatic heterocycles. The van der Waals surface area contributed by atoms with Gasteiger partial charge in [-0.25, -0.2) is 9.67 Å². The van der Waals surface area contributed by atoms with Crippen LogP contribution in [0.5, 0.6) is 0 Å². The first-order valence-electron chi connectivity index (χ1n) is 7.34. The Kier molecular flexibility index (Phi) is 3.82. The van der Waals surface area contributed by atoms with Crippen LogP contribution in [0.4, 0.5) is 11.5 Å². The monoisotopic (exact) mass is 303 g/mol. The highest BCUT2D eigenvalue weighted by atomic mass is 15.3. The molecule has 0 radical (unpaired) electrons. The molecular weight excluding hydrogens is 286 g/mol. The summed E-state index contributed by atoms with van der Waals surface area (Å²) in [7, 11) is 0. The van der Waals surface area contributed by atoms with Crippen molar-refractivity contribution in [3.63, 3.8) is 0 Å². The van der Waals surface area contributed by atoms with Gasteiger partial charge in [-0.2, -0.15) is 10.4 Å². The largest absolute Gasteiger partial charge is 0.337 e. The Morgan fingerprint density at radius 3 is 2.61 bits per heavy atom. The summed E-state index contributed by atoms with van der Waals surface area (Å²) in [5, 5.41) is 16.6. The summed E-state index contributed by atoms with van der Waals surface area (Å²) in [5.74, 6) is 0.688. The van der Waals surface area contributed by atoms with E-state index in [9.17, 15) is 0 Å². The summed E-state index contributed by atoms with van der Waals surface area (Å²) >= 11 is 0. The third kappa shape index (κ3) is 2.92. The molecule has 0 aliphatic rings. The van der Waals surface area contributed by atoms with Crippen LogP contribution in [0.2, 0.25) is 0 Å². The SMILES string of the molecule is Cc1ccc(C)c(-n2ncc(Nc3ccc(C#N)cn3)c2C)c1. The predicted molar refractivity (Wildman–Crippen MR) is 90.0 cm³/mol. The van der Waals surface area contributed by atoms with Crippen molar-refractivity contribution in [3.05, 3.63) is 65.1 Å². The minimum atomic E-state index is 0.540. The van der Waals surface area contributed by atoms with E-state index >= 15 is 0 Å². The highest BCUT2D eigenvalue weighted by molar-refractivity contribution is 5.60. The van der Waals surface area contributed by atoms with Crippen LogP contribution in [-0.2, 0) is 0 Å². The lowest BCUT2D eigenvalue weighted by molar-refractivity contribution is 0.839. The third-order valence-electron chi connectivity index (χ3n) is 3.76. The van der Waals surface area contributed by atoms with Gasteiger partial charge in [-0.15, -0.1) is 0 Å². The number of hydrogen-bond donors (Lipinski definition) is 1. The van der Waals surface area contributed by atoms with Crippen LogP contribution >= 0.6 is 0 Å². The van der Waals surface area contributed by atoms with Gasteiger partial charge >= 0.3 is 0 Å². The number of aryl methyl sites for hydroxylation is 2. The molecular formula is C18H17N5. The molecule has 0 aliphatic carbocycles. The molecule has 0 unspecified atom stereocenters. The minimum Gasteiger partial charge on any atom is -0.337 e. The van der Waals surface area contributed by atoms with Gasteiger partial charge in [-0.3, -0.25) is 0 Å². The van der Waals surface area contributed by atoms with Crippen molar-refractivity contribution in [1.29, 1.82) is 5.26 Å². The molecule has 0 bridgehead atoms. The average molecular weight is 303 g/mol. The van der Waals surface area contributed by atoms with Crippen molar-refractivity contribution in [2.45, 2.75) is 20.8 Å². The van der Waals surface area contributed by atoms with E-state index < -0.39 is 0 Å². The molecule has 5 nitrogen and oxygen atoms in total. The Morgan fingerprint density at radius 2 is 1.91 bits per heavy atom. The number of nitrogens with one attached hydrogen (secondary N) is 1. The van der Waals surface area contributed by atoms with Gasteiger partial charge < -0.3 is 5.32 Å². The molecule has 0 spiro atoms. The number of anilines is 2. The van der Waals surface area contributed by atoms with Gasteiger partial charge in [0.05, 0.1) is 28.8 Å². The van der Waals surface area contributed by atoms with E-state index in [0.717, 1.165) is 17.1 Å². The Balaban J connectivity index is 1.92. The van der Waals surface area contributed by atoms with Crippen LogP contribution in [0.1, 0.15) is 22.4 Å². The van der Waals surface area contributed by atoms with Gasteiger partial charge in [0.1, 0.15) is 11.9 Å². The first-order chi connectivity index (χ1) is 11.1. The first-order valence-corrected chi connectivity index (χ1v) is 7.34. The Hall–Kier alpha value is -3.13. The average Bonchev–Trinajstić information content (AvgIpc) is 2.91. The zero-order valence-corrected chi connectivity index (χ0v) is 13.3. The predicted octanol–water partition coefficient (Wildman–Crippen LogP) is 3.81. The maximum atomic E-state index is 8.82. The molecule has 1 aromatic carbocycles. The minimum absolute atomic E-state index is 0.540. The molecule has 0 saturated heterocycles. The van der Waals surface area contributed by atoms with Gasteiger partial charge in [-0.05, 0) is 50.1 Å². The smallest absolute Gasteiger partial charge is 0.130 e. The maximum Gasteiger partial charge on any atom is 0.130 e. The second-order valence-corrected chi connectivity index (χ2v) is 5.51. The second-order valence-electron chi connectivity index (χ2n) is 5.51. The van der Waals surface area contributed by atoms with Crippen molar-refractivity contribution < 1.29 is 0 Å². The third-order valence-corrected chi connectivity index (χ3v) is 3.76. The van der Waals surface area contributed by atoms with Gasteiger partial charge in [0.15, 0.2) is 0 Å².